The van der Waals surface area contributed by atoms with Gasteiger partial charge in [0.25, 0.3) is 5.91 Å². The molecule has 2 aliphatic heterocycles. The summed E-state index contributed by atoms with van der Waals surface area (Å²) in [6.45, 7) is 1.20. The van der Waals surface area contributed by atoms with Gasteiger partial charge in [0.2, 0.25) is 0 Å². The maximum Gasteiger partial charge on any atom is 0.404 e. The molecule has 23 heavy (non-hydrogen) atoms. The number of rotatable bonds is 3. The second-order valence-corrected chi connectivity index (χ2v) is 6.19. The number of hydrazine groups is 1. The highest BCUT2D eigenvalue weighted by molar-refractivity contribution is 6.30. The van der Waals surface area contributed by atoms with Crippen LogP contribution in [0, 0.1) is 0 Å². The standard InChI is InChI=1S/C15H18ClN3O4/c16-10-1-2-12-9(7-10)8-13(23-12)14(20)18-19-5-3-11(4-6-19)17-15(21)22/h1-2,7,11,13,17H,3-6,8H2,(H,18,20)(H,21,22). The average molecular weight is 340 g/mol. The summed E-state index contributed by atoms with van der Waals surface area (Å²) >= 11 is 5.94. The van der Waals surface area contributed by atoms with Crippen LogP contribution in [0.5, 0.6) is 5.75 Å². The molecule has 1 saturated heterocycles. The molecule has 1 atom stereocenters. The SMILES string of the molecule is O=C(O)NC1CCN(NC(=O)C2Cc3cc(Cl)ccc3O2)CC1. The number of hydrogen-bond acceptors (Lipinski definition) is 4. The molecule has 2 amide bonds. The summed E-state index contributed by atoms with van der Waals surface area (Å²) in [5, 5.41) is 13.6. The zero-order valence-electron chi connectivity index (χ0n) is 12.4. The average Bonchev–Trinajstić information content (AvgIpc) is 2.92. The third-order valence-corrected chi connectivity index (χ3v) is 4.32. The van der Waals surface area contributed by atoms with E-state index < -0.39 is 12.2 Å². The van der Waals surface area contributed by atoms with E-state index in [0.717, 1.165) is 5.56 Å². The summed E-state index contributed by atoms with van der Waals surface area (Å²) in [6, 6.07) is 5.26. The van der Waals surface area contributed by atoms with Crippen LogP contribution in [0.3, 0.4) is 0 Å². The number of piperidine rings is 1. The van der Waals surface area contributed by atoms with Crippen molar-refractivity contribution in [2.45, 2.75) is 31.4 Å². The van der Waals surface area contributed by atoms with Gasteiger partial charge >= 0.3 is 6.09 Å². The molecule has 1 unspecified atom stereocenters. The molecule has 2 aliphatic rings. The maximum atomic E-state index is 12.3. The van der Waals surface area contributed by atoms with Crippen LogP contribution >= 0.6 is 11.6 Å². The highest BCUT2D eigenvalue weighted by Gasteiger charge is 2.31. The van der Waals surface area contributed by atoms with Crippen molar-refractivity contribution < 1.29 is 19.4 Å². The van der Waals surface area contributed by atoms with Crippen molar-refractivity contribution in [3.05, 3.63) is 28.8 Å². The molecule has 0 bridgehead atoms. The summed E-state index contributed by atoms with van der Waals surface area (Å²) in [5.74, 6) is 0.501. The molecule has 0 spiro atoms. The van der Waals surface area contributed by atoms with E-state index in [2.05, 4.69) is 10.7 Å². The van der Waals surface area contributed by atoms with E-state index in [1.807, 2.05) is 11.1 Å². The molecule has 2 heterocycles. The van der Waals surface area contributed by atoms with E-state index >= 15 is 0 Å². The van der Waals surface area contributed by atoms with Gasteiger partial charge in [-0.2, -0.15) is 0 Å². The molecule has 1 aromatic carbocycles. The lowest BCUT2D eigenvalue weighted by atomic mass is 10.1. The summed E-state index contributed by atoms with van der Waals surface area (Å²) in [4.78, 5) is 22.9. The smallest absolute Gasteiger partial charge is 0.404 e. The Morgan fingerprint density at radius 3 is 2.74 bits per heavy atom. The van der Waals surface area contributed by atoms with Gasteiger partial charge in [-0.3, -0.25) is 10.2 Å². The fourth-order valence-corrected chi connectivity index (χ4v) is 3.10. The number of hydrogen-bond donors (Lipinski definition) is 3. The molecule has 0 aromatic heterocycles. The predicted octanol–water partition coefficient (Wildman–Crippen LogP) is 1.41. The number of amides is 2. The lowest BCUT2D eigenvalue weighted by Gasteiger charge is -2.32. The summed E-state index contributed by atoms with van der Waals surface area (Å²) in [6.07, 6.45) is 0.252. The summed E-state index contributed by atoms with van der Waals surface area (Å²) in [7, 11) is 0. The van der Waals surface area contributed by atoms with Crippen LogP contribution in [0.25, 0.3) is 0 Å². The number of carbonyl (C=O) groups excluding carboxylic acids is 1. The Morgan fingerprint density at radius 1 is 1.30 bits per heavy atom. The van der Waals surface area contributed by atoms with E-state index in [-0.39, 0.29) is 11.9 Å². The Hall–Kier alpha value is -1.99. The molecular formula is C15H18ClN3O4. The highest BCUT2D eigenvalue weighted by atomic mass is 35.5. The predicted molar refractivity (Wildman–Crippen MR) is 83.5 cm³/mol. The number of nitrogens with one attached hydrogen (secondary N) is 2. The lowest BCUT2D eigenvalue weighted by molar-refractivity contribution is -0.132. The van der Waals surface area contributed by atoms with Crippen molar-refractivity contribution in [2.75, 3.05) is 13.1 Å². The summed E-state index contributed by atoms with van der Waals surface area (Å²) < 4.78 is 5.65. The van der Waals surface area contributed by atoms with Crippen molar-refractivity contribution >= 4 is 23.6 Å². The second-order valence-electron chi connectivity index (χ2n) is 5.75. The van der Waals surface area contributed by atoms with Crippen LogP contribution in [-0.4, -0.2) is 47.4 Å². The van der Waals surface area contributed by atoms with E-state index in [1.54, 1.807) is 12.1 Å². The minimum Gasteiger partial charge on any atom is -0.480 e. The summed E-state index contributed by atoms with van der Waals surface area (Å²) in [5.41, 5.74) is 3.78. The fourth-order valence-electron chi connectivity index (χ4n) is 2.90. The minimum atomic E-state index is -1.01. The number of ether oxygens (including phenoxy) is 1. The first-order valence-electron chi connectivity index (χ1n) is 7.51. The Balaban J connectivity index is 1.49. The molecule has 0 saturated carbocycles. The van der Waals surface area contributed by atoms with Crippen molar-refractivity contribution in [1.29, 1.82) is 0 Å². The van der Waals surface area contributed by atoms with Gasteiger partial charge < -0.3 is 15.2 Å². The zero-order valence-corrected chi connectivity index (χ0v) is 13.2. The quantitative estimate of drug-likeness (QED) is 0.774. The third-order valence-electron chi connectivity index (χ3n) is 4.08. The second kappa shape index (κ2) is 6.64. The first kappa shape index (κ1) is 15.9. The molecule has 8 heteroatoms. The van der Waals surface area contributed by atoms with Crippen LogP contribution < -0.4 is 15.5 Å². The van der Waals surface area contributed by atoms with Crippen LogP contribution in [0.15, 0.2) is 18.2 Å². The molecule has 1 fully saturated rings. The van der Waals surface area contributed by atoms with Crippen LogP contribution in [0.4, 0.5) is 4.79 Å². The Bertz CT molecular complexity index is 617. The number of fused-ring (bicyclic) bond motifs is 1. The van der Waals surface area contributed by atoms with E-state index in [1.165, 1.54) is 0 Å². The highest BCUT2D eigenvalue weighted by Crippen LogP contribution is 2.31. The first-order chi connectivity index (χ1) is 11.0. The monoisotopic (exact) mass is 339 g/mol. The minimum absolute atomic E-state index is 0.0604. The Labute approximate surface area is 138 Å². The molecular weight excluding hydrogens is 322 g/mol. The number of nitrogens with zero attached hydrogens (tertiary/aromatic N) is 1. The normalized spacial score (nSPS) is 21.3. The zero-order chi connectivity index (χ0) is 16.4. The molecule has 7 nitrogen and oxygen atoms in total. The van der Waals surface area contributed by atoms with E-state index in [0.29, 0.717) is 43.1 Å². The van der Waals surface area contributed by atoms with Gasteiger partial charge in [0.15, 0.2) is 6.10 Å². The van der Waals surface area contributed by atoms with Gasteiger partial charge in [-0.05, 0) is 36.6 Å². The molecule has 0 radical (unpaired) electrons. The van der Waals surface area contributed by atoms with Crippen LogP contribution in [0.2, 0.25) is 5.02 Å². The number of carboxylic acid groups (broad SMARTS) is 1. The number of carbonyl (C=O) groups is 2. The third kappa shape index (κ3) is 3.86. The van der Waals surface area contributed by atoms with E-state index in [4.69, 9.17) is 21.4 Å². The largest absolute Gasteiger partial charge is 0.480 e. The lowest BCUT2D eigenvalue weighted by Crippen LogP contribution is -2.53. The van der Waals surface area contributed by atoms with Crippen molar-refractivity contribution in [2.24, 2.45) is 0 Å². The number of benzene rings is 1. The van der Waals surface area contributed by atoms with Gasteiger partial charge in [-0.25, -0.2) is 9.80 Å². The van der Waals surface area contributed by atoms with Crippen molar-refractivity contribution in [3.8, 4) is 5.75 Å². The Kier molecular flexibility index (Phi) is 4.58. The van der Waals surface area contributed by atoms with Gasteiger partial charge in [-0.1, -0.05) is 11.6 Å². The van der Waals surface area contributed by atoms with Crippen LogP contribution in [-0.2, 0) is 11.2 Å². The van der Waals surface area contributed by atoms with Gasteiger partial charge in [0, 0.05) is 30.6 Å². The topological polar surface area (TPSA) is 90.9 Å². The van der Waals surface area contributed by atoms with Crippen LogP contribution in [0.1, 0.15) is 18.4 Å². The van der Waals surface area contributed by atoms with E-state index in [9.17, 15) is 9.59 Å². The van der Waals surface area contributed by atoms with Gasteiger partial charge in [0.1, 0.15) is 5.75 Å². The molecule has 1 aromatic rings. The molecule has 3 rings (SSSR count). The Morgan fingerprint density at radius 2 is 2.04 bits per heavy atom. The van der Waals surface area contributed by atoms with Crippen molar-refractivity contribution in [3.63, 3.8) is 0 Å². The van der Waals surface area contributed by atoms with Gasteiger partial charge in [-0.15, -0.1) is 0 Å². The fraction of sp³-hybridized carbons (Fsp3) is 0.467. The first-order valence-corrected chi connectivity index (χ1v) is 7.89. The van der Waals surface area contributed by atoms with Gasteiger partial charge in [0.05, 0.1) is 0 Å². The van der Waals surface area contributed by atoms with Crippen molar-refractivity contribution in [1.82, 2.24) is 15.8 Å². The molecule has 124 valence electrons. The maximum absolute atomic E-state index is 12.3. The number of halogens is 1. The molecule has 3 N–H and O–H groups in total. The molecule has 0 aliphatic carbocycles.